The fraction of sp³-hybridized carbons (Fsp3) is 0.333. The van der Waals surface area contributed by atoms with Crippen LogP contribution in [0.3, 0.4) is 0 Å². The SMILES string of the molecule is CN(C)C.[Ge][C]1=CCc2ccccc21. The number of benzene rings is 1. The quantitative estimate of drug-likeness (QED) is 0.633. The first-order chi connectivity index (χ1) is 6.61. The molecule has 2 rings (SSSR count). The van der Waals surface area contributed by atoms with Crippen molar-refractivity contribution in [3.8, 4) is 0 Å². The van der Waals surface area contributed by atoms with Crippen molar-refractivity contribution >= 4 is 20.9 Å². The molecule has 0 saturated carbocycles. The molecule has 1 aromatic rings. The molecule has 2 heteroatoms. The molecule has 1 aliphatic rings. The number of nitrogens with zero attached hydrogens (tertiary/aromatic N) is 1. The van der Waals surface area contributed by atoms with Crippen molar-refractivity contribution in [2.24, 2.45) is 0 Å². The summed E-state index contributed by atoms with van der Waals surface area (Å²) in [5.74, 6) is 0. The summed E-state index contributed by atoms with van der Waals surface area (Å²) < 4.78 is 1.43. The van der Waals surface area contributed by atoms with E-state index in [4.69, 9.17) is 0 Å². The first-order valence-electron chi connectivity index (χ1n) is 4.72. The van der Waals surface area contributed by atoms with Crippen LogP contribution in [-0.4, -0.2) is 42.6 Å². The number of allylic oxidation sites excluding steroid dienone is 1. The van der Waals surface area contributed by atoms with Crippen LogP contribution < -0.4 is 0 Å². The van der Waals surface area contributed by atoms with E-state index in [-0.39, 0.29) is 0 Å². The molecule has 0 bridgehead atoms. The zero-order chi connectivity index (χ0) is 10.6. The van der Waals surface area contributed by atoms with Gasteiger partial charge in [-0.3, -0.25) is 0 Å². The predicted octanol–water partition coefficient (Wildman–Crippen LogP) is 1.93. The van der Waals surface area contributed by atoms with Crippen LogP contribution >= 0.6 is 0 Å². The summed E-state index contributed by atoms with van der Waals surface area (Å²) >= 11 is 2.17. The van der Waals surface area contributed by atoms with Crippen molar-refractivity contribution in [3.05, 3.63) is 41.5 Å². The molecule has 0 atom stereocenters. The van der Waals surface area contributed by atoms with Gasteiger partial charge in [-0.15, -0.1) is 0 Å². The number of hydrogen-bond acceptors (Lipinski definition) is 1. The third kappa shape index (κ3) is 3.31. The molecule has 1 aromatic carbocycles. The van der Waals surface area contributed by atoms with Gasteiger partial charge in [-0.1, -0.05) is 0 Å². The van der Waals surface area contributed by atoms with Gasteiger partial charge in [0.15, 0.2) is 0 Å². The van der Waals surface area contributed by atoms with Crippen molar-refractivity contribution in [2.45, 2.75) is 6.42 Å². The molecular weight excluding hydrogens is 231 g/mol. The van der Waals surface area contributed by atoms with Crippen molar-refractivity contribution in [3.63, 3.8) is 0 Å². The van der Waals surface area contributed by atoms with E-state index >= 15 is 0 Å². The Kier molecular flexibility index (Phi) is 4.43. The number of fused-ring (bicyclic) bond motifs is 1. The predicted molar refractivity (Wildman–Crippen MR) is 63.5 cm³/mol. The van der Waals surface area contributed by atoms with Crippen molar-refractivity contribution in [2.75, 3.05) is 21.1 Å². The van der Waals surface area contributed by atoms with Gasteiger partial charge in [-0.2, -0.15) is 0 Å². The minimum atomic E-state index is 1.13. The van der Waals surface area contributed by atoms with Gasteiger partial charge in [0.25, 0.3) is 0 Å². The molecule has 0 N–H and O–H groups in total. The Hall–Kier alpha value is -0.537. The van der Waals surface area contributed by atoms with E-state index in [0.717, 1.165) is 6.42 Å². The summed E-state index contributed by atoms with van der Waals surface area (Å²) in [6, 6.07) is 8.59. The van der Waals surface area contributed by atoms with Crippen LogP contribution in [0.2, 0.25) is 0 Å². The molecule has 73 valence electrons. The normalized spacial score (nSPS) is 13.1. The third-order valence-corrected chi connectivity index (χ3v) is 2.83. The molecule has 0 aromatic heterocycles. The molecule has 3 radical (unpaired) electrons. The monoisotopic (exact) mass is 248 g/mol. The van der Waals surface area contributed by atoms with E-state index in [1.54, 1.807) is 0 Å². The van der Waals surface area contributed by atoms with Gasteiger partial charge in [-0.25, -0.2) is 0 Å². The van der Waals surface area contributed by atoms with Gasteiger partial charge >= 0.3 is 68.8 Å². The maximum absolute atomic E-state index is 2.28. The standard InChI is InChI=1S/C9H7Ge.C3H9N/c10-9-6-5-7-3-1-2-4-8(7)9;1-4(2)3/h1-4,6H,5H2;1-3H3. The Morgan fingerprint density at radius 1 is 1.14 bits per heavy atom. The fourth-order valence-corrected chi connectivity index (χ4v) is 2.01. The summed E-state index contributed by atoms with van der Waals surface area (Å²) in [7, 11) is 6.00. The van der Waals surface area contributed by atoms with Gasteiger partial charge in [0.1, 0.15) is 0 Å². The molecule has 14 heavy (non-hydrogen) atoms. The first-order valence-corrected chi connectivity index (χ1v) is 5.77. The molecule has 0 heterocycles. The summed E-state index contributed by atoms with van der Waals surface area (Å²) in [5.41, 5.74) is 2.91. The molecule has 0 saturated heterocycles. The van der Waals surface area contributed by atoms with Crippen molar-refractivity contribution in [1.29, 1.82) is 0 Å². The summed E-state index contributed by atoms with van der Waals surface area (Å²) in [6.45, 7) is 0. The molecule has 0 unspecified atom stereocenters. The second-order valence-corrected chi connectivity index (χ2v) is 4.95. The molecule has 0 spiro atoms. The zero-order valence-corrected chi connectivity index (χ0v) is 11.1. The van der Waals surface area contributed by atoms with Crippen LogP contribution in [0.25, 0.3) is 4.41 Å². The molecule has 0 amide bonds. The van der Waals surface area contributed by atoms with E-state index in [9.17, 15) is 0 Å². The van der Waals surface area contributed by atoms with Gasteiger partial charge in [0.05, 0.1) is 0 Å². The minimum absolute atomic E-state index is 1.13. The summed E-state index contributed by atoms with van der Waals surface area (Å²) in [4.78, 5) is 2.00. The maximum atomic E-state index is 2.28. The van der Waals surface area contributed by atoms with Crippen LogP contribution in [0.15, 0.2) is 30.3 Å². The third-order valence-electron chi connectivity index (χ3n) is 1.83. The van der Waals surface area contributed by atoms with E-state index in [1.165, 1.54) is 15.5 Å². The Morgan fingerprint density at radius 3 is 2.29 bits per heavy atom. The van der Waals surface area contributed by atoms with Gasteiger partial charge in [-0.05, 0) is 21.1 Å². The first kappa shape index (κ1) is 11.5. The van der Waals surface area contributed by atoms with Gasteiger partial charge in [0.2, 0.25) is 0 Å². The van der Waals surface area contributed by atoms with E-state index in [1.807, 2.05) is 26.0 Å². The molecule has 0 fully saturated rings. The zero-order valence-electron chi connectivity index (χ0n) is 9.04. The molecule has 1 aliphatic carbocycles. The van der Waals surface area contributed by atoms with Crippen molar-refractivity contribution < 1.29 is 0 Å². The van der Waals surface area contributed by atoms with Crippen LogP contribution in [0.1, 0.15) is 11.1 Å². The van der Waals surface area contributed by atoms with Crippen LogP contribution in [0.5, 0.6) is 0 Å². The molecule has 0 aliphatic heterocycles. The van der Waals surface area contributed by atoms with E-state index in [0.29, 0.717) is 0 Å². The summed E-state index contributed by atoms with van der Waals surface area (Å²) in [5, 5.41) is 0. The van der Waals surface area contributed by atoms with E-state index in [2.05, 4.69) is 46.9 Å². The average molecular weight is 247 g/mol. The Labute approximate surface area is 95.0 Å². The Balaban J connectivity index is 0.000000213. The van der Waals surface area contributed by atoms with Gasteiger partial charge < -0.3 is 4.90 Å². The van der Waals surface area contributed by atoms with Crippen LogP contribution in [0.4, 0.5) is 0 Å². The number of rotatable bonds is 0. The Morgan fingerprint density at radius 2 is 1.71 bits per heavy atom. The second kappa shape index (κ2) is 5.37. The van der Waals surface area contributed by atoms with E-state index < -0.39 is 0 Å². The summed E-state index contributed by atoms with van der Waals surface area (Å²) in [6.07, 6.45) is 3.41. The van der Waals surface area contributed by atoms with Crippen LogP contribution in [-0.2, 0) is 6.42 Å². The van der Waals surface area contributed by atoms with Crippen LogP contribution in [0, 0.1) is 0 Å². The van der Waals surface area contributed by atoms with Gasteiger partial charge in [0, 0.05) is 0 Å². The topological polar surface area (TPSA) is 3.24 Å². The fourth-order valence-electron chi connectivity index (χ4n) is 1.28. The second-order valence-electron chi connectivity index (χ2n) is 3.82. The number of hydrogen-bond donors (Lipinski definition) is 0. The Bertz CT molecular complexity index is 326. The molecular formula is C12H16GeN. The molecule has 1 nitrogen and oxygen atoms in total. The van der Waals surface area contributed by atoms with Crippen molar-refractivity contribution in [1.82, 2.24) is 4.90 Å². The average Bonchev–Trinajstić information content (AvgIpc) is 2.48.